The van der Waals surface area contributed by atoms with Crippen molar-refractivity contribution in [2.45, 2.75) is 55.6 Å². The molecule has 2 saturated carbocycles. The van der Waals surface area contributed by atoms with Gasteiger partial charge in [0, 0.05) is 23.3 Å². The van der Waals surface area contributed by atoms with E-state index in [1.165, 1.54) is 44.9 Å². The molecule has 2 fully saturated rings. The van der Waals surface area contributed by atoms with Crippen LogP contribution in [-0.2, 0) is 0 Å². The van der Waals surface area contributed by atoms with Crippen LogP contribution in [0, 0.1) is 0 Å². The maximum absolute atomic E-state index is 5.53. The second kappa shape index (κ2) is 6.40. The molecule has 0 aromatic carbocycles. The number of hydrazine groups is 1. The molecule has 1 aromatic heterocycles. The van der Waals surface area contributed by atoms with Gasteiger partial charge in [-0.3, -0.25) is 0 Å². The van der Waals surface area contributed by atoms with Crippen LogP contribution in [0.25, 0.3) is 0 Å². The van der Waals surface area contributed by atoms with Crippen molar-refractivity contribution in [3.05, 3.63) is 11.9 Å². The van der Waals surface area contributed by atoms with Crippen LogP contribution in [0.1, 0.15) is 56.7 Å². The number of nitrogens with two attached hydrogens (primary N) is 1. The third kappa shape index (κ3) is 3.61. The van der Waals surface area contributed by atoms with Crippen molar-refractivity contribution < 1.29 is 0 Å². The Bertz CT molecular complexity index is 483. The first-order valence-electron chi connectivity index (χ1n) is 7.89. The van der Waals surface area contributed by atoms with Gasteiger partial charge in [-0.1, -0.05) is 19.3 Å². The molecule has 0 bridgehead atoms. The zero-order chi connectivity index (χ0) is 14.7. The highest BCUT2D eigenvalue weighted by Gasteiger charge is 2.31. The Kier molecular flexibility index (Phi) is 4.54. The van der Waals surface area contributed by atoms with E-state index in [-0.39, 0.29) is 0 Å². The molecule has 6 heteroatoms. The average Bonchev–Trinajstić information content (AvgIpc) is 3.38. The Morgan fingerprint density at radius 1 is 1.24 bits per heavy atom. The SMILES string of the molecule is CSC1(CNc2cc(NN)nc(C3CC3)n2)CCCCC1. The molecule has 0 saturated heterocycles. The lowest BCUT2D eigenvalue weighted by Crippen LogP contribution is -2.35. The lowest BCUT2D eigenvalue weighted by atomic mass is 9.88. The quantitative estimate of drug-likeness (QED) is 0.554. The number of nitrogens with one attached hydrogen (secondary N) is 2. The molecular weight excluding hydrogens is 282 g/mol. The molecule has 3 rings (SSSR count). The molecule has 1 heterocycles. The highest BCUT2D eigenvalue weighted by molar-refractivity contribution is 8.00. The fourth-order valence-corrected chi connectivity index (χ4v) is 3.97. The van der Waals surface area contributed by atoms with Crippen LogP contribution in [0.2, 0.25) is 0 Å². The standard InChI is InChI=1S/C15H25N5S/c1-21-15(7-3-2-4-8-15)10-17-12-9-13(20-16)19-14(18-12)11-5-6-11/h9,11H,2-8,10,16H2,1H3,(H2,17,18,19,20). The van der Waals surface area contributed by atoms with E-state index in [9.17, 15) is 0 Å². The van der Waals surface area contributed by atoms with E-state index in [1.807, 2.05) is 17.8 Å². The van der Waals surface area contributed by atoms with E-state index >= 15 is 0 Å². The molecule has 0 spiro atoms. The number of hydrogen-bond donors (Lipinski definition) is 3. The number of nitrogen functional groups attached to an aromatic ring is 1. The van der Waals surface area contributed by atoms with Crippen molar-refractivity contribution in [2.75, 3.05) is 23.5 Å². The molecule has 116 valence electrons. The smallest absolute Gasteiger partial charge is 0.145 e. The number of aromatic nitrogens is 2. The van der Waals surface area contributed by atoms with Gasteiger partial charge in [-0.15, -0.1) is 0 Å². The van der Waals surface area contributed by atoms with Crippen LogP contribution in [-0.4, -0.2) is 27.5 Å². The largest absolute Gasteiger partial charge is 0.369 e. The molecule has 0 atom stereocenters. The van der Waals surface area contributed by atoms with Gasteiger partial charge in [-0.05, 0) is 31.9 Å². The zero-order valence-electron chi connectivity index (χ0n) is 12.7. The third-order valence-corrected chi connectivity index (χ3v) is 6.04. The number of thioether (sulfide) groups is 1. The predicted octanol–water partition coefficient (Wildman–Crippen LogP) is 3.12. The number of rotatable bonds is 6. The summed E-state index contributed by atoms with van der Waals surface area (Å²) in [5, 5.41) is 3.54. The van der Waals surface area contributed by atoms with Crippen LogP contribution in [0.5, 0.6) is 0 Å². The molecule has 5 nitrogen and oxygen atoms in total. The van der Waals surface area contributed by atoms with Gasteiger partial charge in [0.2, 0.25) is 0 Å². The molecular formula is C15H25N5S. The summed E-state index contributed by atoms with van der Waals surface area (Å²) in [7, 11) is 0. The summed E-state index contributed by atoms with van der Waals surface area (Å²) in [5.41, 5.74) is 2.66. The van der Waals surface area contributed by atoms with Crippen molar-refractivity contribution in [1.29, 1.82) is 0 Å². The maximum Gasteiger partial charge on any atom is 0.145 e. The zero-order valence-corrected chi connectivity index (χ0v) is 13.5. The number of hydrogen-bond acceptors (Lipinski definition) is 6. The summed E-state index contributed by atoms with van der Waals surface area (Å²) >= 11 is 2.00. The summed E-state index contributed by atoms with van der Waals surface area (Å²) in [4.78, 5) is 9.12. The second-order valence-corrected chi connectivity index (χ2v) is 7.49. The molecule has 4 N–H and O–H groups in total. The Morgan fingerprint density at radius 2 is 1.95 bits per heavy atom. The van der Waals surface area contributed by atoms with Gasteiger partial charge in [-0.25, -0.2) is 15.8 Å². The Hall–Kier alpha value is -1.01. The van der Waals surface area contributed by atoms with Gasteiger partial charge in [-0.2, -0.15) is 11.8 Å². The van der Waals surface area contributed by atoms with Crippen LogP contribution in [0.4, 0.5) is 11.6 Å². The van der Waals surface area contributed by atoms with Crippen LogP contribution >= 0.6 is 11.8 Å². The molecule has 1 aromatic rings. The van der Waals surface area contributed by atoms with E-state index in [2.05, 4.69) is 27.0 Å². The van der Waals surface area contributed by atoms with Crippen LogP contribution in [0.3, 0.4) is 0 Å². The summed E-state index contributed by atoms with van der Waals surface area (Å²) < 4.78 is 0.360. The highest BCUT2D eigenvalue weighted by atomic mass is 32.2. The molecule has 0 unspecified atom stereocenters. The molecule has 0 radical (unpaired) electrons. The normalized spacial score (nSPS) is 21.0. The predicted molar refractivity (Wildman–Crippen MR) is 89.6 cm³/mol. The Labute approximate surface area is 130 Å². The van der Waals surface area contributed by atoms with E-state index in [1.54, 1.807) is 0 Å². The minimum absolute atomic E-state index is 0.360. The molecule has 0 aliphatic heterocycles. The fraction of sp³-hybridized carbons (Fsp3) is 0.733. The van der Waals surface area contributed by atoms with Gasteiger partial charge in [0.05, 0.1) is 0 Å². The van der Waals surface area contributed by atoms with Crippen LogP contribution in [0.15, 0.2) is 6.07 Å². The van der Waals surface area contributed by atoms with Crippen molar-refractivity contribution >= 4 is 23.4 Å². The van der Waals surface area contributed by atoms with E-state index in [0.29, 0.717) is 16.5 Å². The lowest BCUT2D eigenvalue weighted by molar-refractivity contribution is 0.411. The summed E-state index contributed by atoms with van der Waals surface area (Å²) in [5.74, 6) is 8.59. The van der Waals surface area contributed by atoms with E-state index < -0.39 is 0 Å². The van der Waals surface area contributed by atoms with Gasteiger partial charge < -0.3 is 10.7 Å². The molecule has 0 amide bonds. The average molecular weight is 307 g/mol. The topological polar surface area (TPSA) is 75.9 Å². The van der Waals surface area contributed by atoms with Gasteiger partial charge >= 0.3 is 0 Å². The summed E-state index contributed by atoms with van der Waals surface area (Å²) in [6.45, 7) is 0.972. The minimum atomic E-state index is 0.360. The maximum atomic E-state index is 5.53. The first-order chi connectivity index (χ1) is 10.2. The summed E-state index contributed by atoms with van der Waals surface area (Å²) in [6, 6.07) is 1.91. The third-order valence-electron chi connectivity index (χ3n) is 4.62. The van der Waals surface area contributed by atoms with Gasteiger partial charge in [0.15, 0.2) is 0 Å². The monoisotopic (exact) mass is 307 g/mol. The first-order valence-corrected chi connectivity index (χ1v) is 9.12. The second-order valence-electron chi connectivity index (χ2n) is 6.22. The fourth-order valence-electron chi connectivity index (χ4n) is 3.06. The van der Waals surface area contributed by atoms with Crippen molar-refractivity contribution in [1.82, 2.24) is 9.97 Å². The molecule has 2 aliphatic rings. The van der Waals surface area contributed by atoms with Crippen molar-refractivity contribution in [3.8, 4) is 0 Å². The highest BCUT2D eigenvalue weighted by Crippen LogP contribution is 2.40. The van der Waals surface area contributed by atoms with Crippen molar-refractivity contribution in [2.24, 2.45) is 5.84 Å². The minimum Gasteiger partial charge on any atom is -0.369 e. The number of anilines is 2. The molecule has 21 heavy (non-hydrogen) atoms. The van der Waals surface area contributed by atoms with E-state index in [0.717, 1.165) is 18.2 Å². The van der Waals surface area contributed by atoms with Crippen LogP contribution < -0.4 is 16.6 Å². The van der Waals surface area contributed by atoms with Crippen molar-refractivity contribution in [3.63, 3.8) is 0 Å². The lowest BCUT2D eigenvalue weighted by Gasteiger charge is -2.36. The molecule has 2 aliphatic carbocycles. The van der Waals surface area contributed by atoms with Gasteiger partial charge in [0.25, 0.3) is 0 Å². The van der Waals surface area contributed by atoms with E-state index in [4.69, 9.17) is 5.84 Å². The van der Waals surface area contributed by atoms with Gasteiger partial charge in [0.1, 0.15) is 17.5 Å². The number of nitrogens with zero attached hydrogens (tertiary/aromatic N) is 2. The summed E-state index contributed by atoms with van der Waals surface area (Å²) in [6.07, 6.45) is 11.3. The Balaban J connectivity index is 1.70. The first kappa shape index (κ1) is 14.9. The Morgan fingerprint density at radius 3 is 2.57 bits per heavy atom.